The molecule has 2 fully saturated rings. The second-order valence-electron chi connectivity index (χ2n) is 11.3. The molecule has 2 aromatic heterocycles. The van der Waals surface area contributed by atoms with Gasteiger partial charge in [0.1, 0.15) is 11.2 Å². The first kappa shape index (κ1) is 24.3. The van der Waals surface area contributed by atoms with Crippen LogP contribution in [-0.4, -0.2) is 58.3 Å². The van der Waals surface area contributed by atoms with Gasteiger partial charge >= 0.3 is 0 Å². The third kappa shape index (κ3) is 4.89. The first-order valence-corrected chi connectivity index (χ1v) is 14.5. The Bertz CT molecular complexity index is 1570. The van der Waals surface area contributed by atoms with E-state index in [4.69, 9.17) is 9.98 Å². The van der Waals surface area contributed by atoms with Crippen LogP contribution in [0.1, 0.15) is 60.2 Å². The highest BCUT2D eigenvalue weighted by atomic mass is 15.2. The first-order valence-electron chi connectivity index (χ1n) is 14.5. The Balaban J connectivity index is 1.27. The number of hydrogen-bond acceptors (Lipinski definition) is 5. The van der Waals surface area contributed by atoms with Crippen LogP contribution in [0.4, 0.5) is 5.69 Å². The Hall–Kier alpha value is -3.77. The van der Waals surface area contributed by atoms with E-state index in [0.717, 1.165) is 53.5 Å². The number of likely N-dealkylation sites (tertiary alicyclic amines) is 1. The minimum atomic E-state index is 0.637. The molecular weight excluding hydrogens is 480 g/mol. The fraction of sp³-hybridized carbons (Fsp3) is 0.364. The third-order valence-electron chi connectivity index (χ3n) is 8.33. The lowest BCUT2D eigenvalue weighted by Crippen LogP contribution is -2.29. The molecule has 7 rings (SSSR count). The zero-order valence-corrected chi connectivity index (χ0v) is 22.8. The number of aliphatic imine (C=N–C) groups is 1. The number of H-pyrrole nitrogens is 1. The highest BCUT2D eigenvalue weighted by molar-refractivity contribution is 6.15. The molecule has 1 N–H and O–H groups in total. The highest BCUT2D eigenvalue weighted by Gasteiger charge is 2.21. The number of imidazole rings is 1. The number of aryl methyl sites for hydroxylation is 1. The second kappa shape index (κ2) is 10.4. The van der Waals surface area contributed by atoms with E-state index in [9.17, 15) is 0 Å². The number of rotatable bonds is 5. The maximum Gasteiger partial charge on any atom is 0.157 e. The van der Waals surface area contributed by atoms with Gasteiger partial charge in [0.15, 0.2) is 5.82 Å². The molecule has 0 atom stereocenters. The van der Waals surface area contributed by atoms with Crippen LogP contribution >= 0.6 is 0 Å². The molecule has 0 spiro atoms. The van der Waals surface area contributed by atoms with Crippen LogP contribution in [0.2, 0.25) is 0 Å². The van der Waals surface area contributed by atoms with Gasteiger partial charge in [-0.3, -0.25) is 14.9 Å². The minimum Gasteiger partial charge on any atom is -0.368 e. The van der Waals surface area contributed by atoms with E-state index in [2.05, 4.69) is 75.2 Å². The van der Waals surface area contributed by atoms with Crippen LogP contribution in [0.3, 0.4) is 0 Å². The molecule has 0 amide bonds. The van der Waals surface area contributed by atoms with Gasteiger partial charge in [-0.1, -0.05) is 42.0 Å². The molecule has 3 aliphatic heterocycles. The monoisotopic (exact) mass is 516 g/mol. The molecule has 0 saturated carbocycles. The van der Waals surface area contributed by atoms with Crippen LogP contribution in [0, 0.1) is 6.92 Å². The van der Waals surface area contributed by atoms with Crippen molar-refractivity contribution in [1.29, 1.82) is 0 Å². The summed E-state index contributed by atoms with van der Waals surface area (Å²) >= 11 is 0. The van der Waals surface area contributed by atoms with E-state index in [0.29, 0.717) is 6.54 Å². The molecule has 0 aliphatic carbocycles. The Morgan fingerprint density at radius 3 is 2.59 bits per heavy atom. The molecule has 5 heterocycles. The summed E-state index contributed by atoms with van der Waals surface area (Å²) in [5.74, 6) is 0.817. The normalized spacial score (nSPS) is 17.9. The third-order valence-corrected chi connectivity index (χ3v) is 8.33. The fourth-order valence-electron chi connectivity index (χ4n) is 6.41. The molecule has 198 valence electrons. The van der Waals surface area contributed by atoms with Crippen molar-refractivity contribution in [3.8, 4) is 11.1 Å². The molecule has 4 aromatic rings. The largest absolute Gasteiger partial charge is 0.368 e. The maximum atomic E-state index is 5.14. The predicted molar refractivity (Wildman–Crippen MR) is 161 cm³/mol. The van der Waals surface area contributed by atoms with Gasteiger partial charge in [-0.25, -0.2) is 4.98 Å². The van der Waals surface area contributed by atoms with E-state index in [1.165, 1.54) is 73.0 Å². The molecule has 6 heteroatoms. The number of anilines is 1. The SMILES string of the molecule is Cc1cc(CN2CCCC2)cc(-c2ccc3c(c2)C(c2nc4c(N5CCCCC5)cncc4[nH]2)=NCC=C3)c1. The quantitative estimate of drug-likeness (QED) is 0.334. The number of fused-ring (bicyclic) bond motifs is 2. The van der Waals surface area contributed by atoms with Crippen molar-refractivity contribution in [2.45, 2.75) is 45.6 Å². The van der Waals surface area contributed by atoms with Crippen LogP contribution in [0.5, 0.6) is 0 Å². The van der Waals surface area contributed by atoms with Gasteiger partial charge in [0.25, 0.3) is 0 Å². The number of piperidine rings is 1. The van der Waals surface area contributed by atoms with Crippen LogP contribution < -0.4 is 4.90 Å². The average Bonchev–Trinajstić information content (AvgIpc) is 3.58. The molecule has 39 heavy (non-hydrogen) atoms. The lowest BCUT2D eigenvalue weighted by atomic mass is 9.94. The number of benzene rings is 2. The van der Waals surface area contributed by atoms with E-state index in [-0.39, 0.29) is 0 Å². The van der Waals surface area contributed by atoms with Crippen LogP contribution in [0.15, 0.2) is 59.9 Å². The Labute approximate surface area is 230 Å². The molecule has 2 aromatic carbocycles. The van der Waals surface area contributed by atoms with Gasteiger partial charge in [-0.15, -0.1) is 0 Å². The molecular formula is C33H36N6. The topological polar surface area (TPSA) is 60.4 Å². The van der Waals surface area contributed by atoms with Crippen molar-refractivity contribution >= 4 is 28.5 Å². The van der Waals surface area contributed by atoms with E-state index in [1.54, 1.807) is 0 Å². The van der Waals surface area contributed by atoms with Gasteiger partial charge < -0.3 is 9.88 Å². The number of pyridine rings is 1. The number of hydrogen-bond donors (Lipinski definition) is 1. The van der Waals surface area contributed by atoms with E-state index >= 15 is 0 Å². The minimum absolute atomic E-state index is 0.637. The second-order valence-corrected chi connectivity index (χ2v) is 11.3. The van der Waals surface area contributed by atoms with E-state index < -0.39 is 0 Å². The fourth-order valence-corrected chi connectivity index (χ4v) is 6.41. The summed E-state index contributed by atoms with van der Waals surface area (Å²) in [5.41, 5.74) is 11.5. The number of aromatic nitrogens is 3. The Kier molecular flexibility index (Phi) is 6.49. The van der Waals surface area contributed by atoms with Crippen molar-refractivity contribution in [2.75, 3.05) is 37.6 Å². The van der Waals surface area contributed by atoms with Gasteiger partial charge in [-0.2, -0.15) is 0 Å². The van der Waals surface area contributed by atoms with Crippen molar-refractivity contribution in [2.24, 2.45) is 4.99 Å². The Morgan fingerprint density at radius 1 is 0.872 bits per heavy atom. The molecule has 6 nitrogen and oxygen atoms in total. The molecule has 3 aliphatic rings. The van der Waals surface area contributed by atoms with Crippen molar-refractivity contribution < 1.29 is 0 Å². The summed E-state index contributed by atoms with van der Waals surface area (Å²) in [6.07, 6.45) is 14.6. The van der Waals surface area contributed by atoms with Gasteiger partial charge in [0, 0.05) is 25.2 Å². The lowest BCUT2D eigenvalue weighted by molar-refractivity contribution is 0.331. The van der Waals surface area contributed by atoms with Crippen molar-refractivity contribution in [3.63, 3.8) is 0 Å². The maximum absolute atomic E-state index is 5.14. The molecule has 0 unspecified atom stereocenters. The van der Waals surface area contributed by atoms with Gasteiger partial charge in [0.2, 0.25) is 0 Å². The van der Waals surface area contributed by atoms with Crippen LogP contribution in [0.25, 0.3) is 28.2 Å². The van der Waals surface area contributed by atoms with Crippen LogP contribution in [-0.2, 0) is 6.54 Å². The number of nitrogens with zero attached hydrogens (tertiary/aromatic N) is 5. The van der Waals surface area contributed by atoms with E-state index in [1.807, 2.05) is 12.4 Å². The predicted octanol–water partition coefficient (Wildman–Crippen LogP) is 6.38. The smallest absolute Gasteiger partial charge is 0.157 e. The summed E-state index contributed by atoms with van der Waals surface area (Å²) < 4.78 is 0. The first-order chi connectivity index (χ1) is 19.2. The summed E-state index contributed by atoms with van der Waals surface area (Å²) in [6, 6.07) is 13.8. The zero-order valence-electron chi connectivity index (χ0n) is 22.8. The summed E-state index contributed by atoms with van der Waals surface area (Å²) in [6.45, 7) is 8.42. The van der Waals surface area contributed by atoms with Gasteiger partial charge in [-0.05, 0) is 86.5 Å². The van der Waals surface area contributed by atoms with Gasteiger partial charge in [0.05, 0.1) is 30.1 Å². The number of nitrogens with one attached hydrogen (secondary N) is 1. The lowest BCUT2D eigenvalue weighted by Gasteiger charge is -2.28. The molecule has 0 bridgehead atoms. The molecule has 0 radical (unpaired) electrons. The summed E-state index contributed by atoms with van der Waals surface area (Å²) in [4.78, 5) is 23.3. The average molecular weight is 517 g/mol. The molecule has 2 saturated heterocycles. The summed E-state index contributed by atoms with van der Waals surface area (Å²) in [5, 5.41) is 0. The number of aromatic amines is 1. The highest BCUT2D eigenvalue weighted by Crippen LogP contribution is 2.31. The standard InChI is InChI=1S/C33H36N6/c1-23-16-24(22-38-12-5-6-13-38)18-27(17-23)26-10-9-25-8-7-11-35-31(28(25)19-26)33-36-29-20-34-21-30(32(29)37-33)39-14-3-2-4-15-39/h7-10,16-21H,2-6,11-15,22H2,1H3,(H,36,37). The van der Waals surface area contributed by atoms with Crippen molar-refractivity contribution in [1.82, 2.24) is 19.9 Å². The van der Waals surface area contributed by atoms with Crippen molar-refractivity contribution in [3.05, 3.63) is 82.9 Å². The summed E-state index contributed by atoms with van der Waals surface area (Å²) in [7, 11) is 0. The Morgan fingerprint density at radius 2 is 1.72 bits per heavy atom. The zero-order chi connectivity index (χ0) is 26.2.